The highest BCUT2D eigenvalue weighted by Gasteiger charge is 2.09. The number of aryl methyl sites for hydroxylation is 1. The SMILES string of the molecule is COc1cccc(CCNC(=O)c2cnc(Nc3cc(C)ccc3OC)nc2)c1. The zero-order valence-electron chi connectivity index (χ0n) is 16.7. The molecule has 7 nitrogen and oxygen atoms in total. The molecule has 0 bridgehead atoms. The van der Waals surface area contributed by atoms with E-state index in [0.29, 0.717) is 30.2 Å². The number of rotatable bonds is 8. The minimum atomic E-state index is -0.215. The van der Waals surface area contributed by atoms with Crippen LogP contribution in [0.3, 0.4) is 0 Å². The molecule has 2 N–H and O–H groups in total. The van der Waals surface area contributed by atoms with Gasteiger partial charge in [0.15, 0.2) is 0 Å². The zero-order valence-corrected chi connectivity index (χ0v) is 16.7. The van der Waals surface area contributed by atoms with Gasteiger partial charge in [0.05, 0.1) is 25.5 Å². The molecule has 1 aromatic heterocycles. The van der Waals surface area contributed by atoms with Gasteiger partial charge in [0, 0.05) is 18.9 Å². The molecule has 150 valence electrons. The highest BCUT2D eigenvalue weighted by Crippen LogP contribution is 2.27. The molecule has 7 heteroatoms. The molecule has 0 aliphatic carbocycles. The van der Waals surface area contributed by atoms with Crippen molar-refractivity contribution in [1.29, 1.82) is 0 Å². The summed E-state index contributed by atoms with van der Waals surface area (Å²) in [7, 11) is 3.24. The second kappa shape index (κ2) is 9.54. The summed E-state index contributed by atoms with van der Waals surface area (Å²) >= 11 is 0. The molecular formula is C22H24N4O3. The van der Waals surface area contributed by atoms with Gasteiger partial charge in [0.2, 0.25) is 5.95 Å². The number of amides is 1. The first-order chi connectivity index (χ1) is 14.1. The number of ether oxygens (including phenoxy) is 2. The van der Waals surface area contributed by atoms with Crippen molar-refractivity contribution < 1.29 is 14.3 Å². The molecule has 2 aromatic carbocycles. The molecule has 3 rings (SSSR count). The third-order valence-electron chi connectivity index (χ3n) is 4.35. The van der Waals surface area contributed by atoms with Crippen LogP contribution in [0.5, 0.6) is 11.5 Å². The second-order valence-electron chi connectivity index (χ2n) is 6.48. The average molecular weight is 392 g/mol. The van der Waals surface area contributed by atoms with Crippen LogP contribution in [0.2, 0.25) is 0 Å². The summed E-state index contributed by atoms with van der Waals surface area (Å²) in [6.07, 6.45) is 3.70. The minimum absolute atomic E-state index is 0.215. The predicted molar refractivity (Wildman–Crippen MR) is 112 cm³/mol. The smallest absolute Gasteiger partial charge is 0.254 e. The Hall–Kier alpha value is -3.61. The van der Waals surface area contributed by atoms with E-state index in [9.17, 15) is 4.79 Å². The molecule has 3 aromatic rings. The Kier molecular flexibility index (Phi) is 6.63. The standard InChI is InChI=1S/C22H24N4O3/c1-15-7-8-20(29-3)19(11-15)26-22-24-13-17(14-25-22)21(27)23-10-9-16-5-4-6-18(12-16)28-2/h4-8,11-14H,9-10H2,1-3H3,(H,23,27)(H,24,25,26). The topological polar surface area (TPSA) is 85.4 Å². The fourth-order valence-electron chi connectivity index (χ4n) is 2.80. The highest BCUT2D eigenvalue weighted by atomic mass is 16.5. The van der Waals surface area contributed by atoms with Crippen molar-refractivity contribution in [3.05, 3.63) is 71.5 Å². The Morgan fingerprint density at radius 1 is 1.03 bits per heavy atom. The van der Waals surface area contributed by atoms with Gasteiger partial charge >= 0.3 is 0 Å². The van der Waals surface area contributed by atoms with Gasteiger partial charge in [0.1, 0.15) is 11.5 Å². The Bertz CT molecular complexity index is 974. The monoisotopic (exact) mass is 392 g/mol. The van der Waals surface area contributed by atoms with E-state index in [0.717, 1.165) is 22.6 Å². The summed E-state index contributed by atoms with van der Waals surface area (Å²) in [5, 5.41) is 5.99. The lowest BCUT2D eigenvalue weighted by Crippen LogP contribution is -2.26. The number of anilines is 2. The summed E-state index contributed by atoms with van der Waals surface area (Å²) < 4.78 is 10.5. The van der Waals surface area contributed by atoms with Gasteiger partial charge in [-0.3, -0.25) is 4.79 Å². The molecule has 0 atom stereocenters. The Morgan fingerprint density at radius 3 is 2.55 bits per heavy atom. The van der Waals surface area contributed by atoms with Gasteiger partial charge in [-0.15, -0.1) is 0 Å². The summed E-state index contributed by atoms with van der Waals surface area (Å²) in [4.78, 5) is 20.8. The first kappa shape index (κ1) is 20.1. The van der Waals surface area contributed by atoms with Crippen LogP contribution >= 0.6 is 0 Å². The lowest BCUT2D eigenvalue weighted by atomic mass is 10.1. The number of aromatic nitrogens is 2. The second-order valence-corrected chi connectivity index (χ2v) is 6.48. The maximum atomic E-state index is 12.3. The van der Waals surface area contributed by atoms with Crippen LogP contribution in [0, 0.1) is 6.92 Å². The molecule has 0 unspecified atom stereocenters. The third kappa shape index (κ3) is 5.44. The van der Waals surface area contributed by atoms with Gasteiger partial charge in [-0.05, 0) is 48.7 Å². The molecule has 0 saturated heterocycles. The van der Waals surface area contributed by atoms with Crippen molar-refractivity contribution in [2.45, 2.75) is 13.3 Å². The van der Waals surface area contributed by atoms with Crippen LogP contribution in [0.25, 0.3) is 0 Å². The lowest BCUT2D eigenvalue weighted by molar-refractivity contribution is 0.0953. The van der Waals surface area contributed by atoms with Crippen molar-refractivity contribution in [3.63, 3.8) is 0 Å². The summed E-state index contributed by atoms with van der Waals surface area (Å²) in [5.41, 5.74) is 3.34. The number of nitrogens with one attached hydrogen (secondary N) is 2. The van der Waals surface area contributed by atoms with Gasteiger partial charge in [0.25, 0.3) is 5.91 Å². The van der Waals surface area contributed by atoms with Crippen molar-refractivity contribution >= 4 is 17.5 Å². The largest absolute Gasteiger partial charge is 0.497 e. The predicted octanol–water partition coefficient (Wildman–Crippen LogP) is 3.52. The van der Waals surface area contributed by atoms with Crippen LogP contribution in [-0.2, 0) is 6.42 Å². The van der Waals surface area contributed by atoms with E-state index in [2.05, 4.69) is 20.6 Å². The van der Waals surface area contributed by atoms with Crippen LogP contribution in [0.1, 0.15) is 21.5 Å². The van der Waals surface area contributed by atoms with Gasteiger partial charge in [-0.1, -0.05) is 18.2 Å². The Balaban J connectivity index is 1.56. The average Bonchev–Trinajstić information content (AvgIpc) is 2.74. The number of hydrogen-bond acceptors (Lipinski definition) is 6. The third-order valence-corrected chi connectivity index (χ3v) is 4.35. The normalized spacial score (nSPS) is 10.3. The molecule has 0 aliphatic heterocycles. The maximum absolute atomic E-state index is 12.3. The molecular weight excluding hydrogens is 368 g/mol. The van der Waals surface area contributed by atoms with Crippen LogP contribution in [0.15, 0.2) is 54.9 Å². The van der Waals surface area contributed by atoms with E-state index in [1.54, 1.807) is 14.2 Å². The van der Waals surface area contributed by atoms with E-state index in [-0.39, 0.29) is 5.91 Å². The summed E-state index contributed by atoms with van der Waals surface area (Å²) in [6, 6.07) is 13.6. The Morgan fingerprint density at radius 2 is 1.83 bits per heavy atom. The molecule has 1 heterocycles. The fourth-order valence-corrected chi connectivity index (χ4v) is 2.80. The summed E-state index contributed by atoms with van der Waals surface area (Å²) in [6.45, 7) is 2.50. The number of methoxy groups -OCH3 is 2. The molecule has 1 amide bonds. The molecule has 0 spiro atoms. The molecule has 0 radical (unpaired) electrons. The quantitative estimate of drug-likeness (QED) is 0.610. The minimum Gasteiger partial charge on any atom is -0.497 e. The lowest BCUT2D eigenvalue weighted by Gasteiger charge is -2.11. The van der Waals surface area contributed by atoms with Gasteiger partial charge < -0.3 is 20.1 Å². The maximum Gasteiger partial charge on any atom is 0.254 e. The van der Waals surface area contributed by atoms with Crippen LogP contribution in [-0.4, -0.2) is 36.6 Å². The molecule has 0 aliphatic rings. The number of carbonyl (C=O) groups is 1. The summed E-state index contributed by atoms with van der Waals surface area (Å²) in [5.74, 6) is 1.67. The molecule has 0 fully saturated rings. The van der Waals surface area contributed by atoms with Gasteiger partial charge in [-0.25, -0.2) is 9.97 Å². The van der Waals surface area contributed by atoms with Crippen molar-refractivity contribution in [3.8, 4) is 11.5 Å². The Labute approximate surface area is 170 Å². The van der Waals surface area contributed by atoms with Gasteiger partial charge in [-0.2, -0.15) is 0 Å². The number of benzene rings is 2. The van der Waals surface area contributed by atoms with E-state index < -0.39 is 0 Å². The van der Waals surface area contributed by atoms with Crippen molar-refractivity contribution in [2.24, 2.45) is 0 Å². The molecule has 29 heavy (non-hydrogen) atoms. The van der Waals surface area contributed by atoms with Crippen LogP contribution < -0.4 is 20.1 Å². The van der Waals surface area contributed by atoms with Crippen molar-refractivity contribution in [2.75, 3.05) is 26.1 Å². The van der Waals surface area contributed by atoms with E-state index in [4.69, 9.17) is 9.47 Å². The highest BCUT2D eigenvalue weighted by molar-refractivity contribution is 5.93. The zero-order chi connectivity index (χ0) is 20.6. The van der Waals surface area contributed by atoms with Crippen LogP contribution in [0.4, 0.5) is 11.6 Å². The van der Waals surface area contributed by atoms with E-state index >= 15 is 0 Å². The number of nitrogens with zero attached hydrogens (tertiary/aromatic N) is 2. The van der Waals surface area contributed by atoms with E-state index in [1.807, 2.05) is 49.4 Å². The van der Waals surface area contributed by atoms with E-state index in [1.165, 1.54) is 12.4 Å². The number of carbonyl (C=O) groups excluding carboxylic acids is 1. The van der Waals surface area contributed by atoms with Crippen molar-refractivity contribution in [1.82, 2.24) is 15.3 Å². The molecule has 0 saturated carbocycles. The number of hydrogen-bond donors (Lipinski definition) is 2. The fraction of sp³-hybridized carbons (Fsp3) is 0.227. The first-order valence-electron chi connectivity index (χ1n) is 9.24. The first-order valence-corrected chi connectivity index (χ1v) is 9.24.